The van der Waals surface area contributed by atoms with Crippen LogP contribution in [-0.2, 0) is 9.53 Å². The maximum atomic E-state index is 11.9. The summed E-state index contributed by atoms with van der Waals surface area (Å²) in [4.78, 5) is 39.7. The first-order chi connectivity index (χ1) is 8.70. The monoisotopic (exact) mass is 269 g/mol. The van der Waals surface area contributed by atoms with Gasteiger partial charge in [0.2, 0.25) is 0 Å². The van der Waals surface area contributed by atoms with Gasteiger partial charge in [0.05, 0.1) is 6.54 Å². The number of hydrogen-bond acceptors (Lipinski definition) is 4. The van der Waals surface area contributed by atoms with E-state index in [0.717, 1.165) is 4.90 Å². The smallest absolute Gasteiger partial charge is 0.410 e. The zero-order valence-electron chi connectivity index (χ0n) is 11.7. The van der Waals surface area contributed by atoms with Crippen molar-refractivity contribution in [3.63, 3.8) is 0 Å². The molecule has 2 aliphatic heterocycles. The molecule has 19 heavy (non-hydrogen) atoms. The van der Waals surface area contributed by atoms with Crippen LogP contribution in [0, 0.1) is 0 Å². The molecule has 7 heteroatoms. The number of imide groups is 1. The molecular weight excluding hydrogens is 250 g/mol. The van der Waals surface area contributed by atoms with Gasteiger partial charge in [-0.3, -0.25) is 9.69 Å². The first-order valence-corrected chi connectivity index (χ1v) is 6.27. The van der Waals surface area contributed by atoms with E-state index in [1.54, 1.807) is 20.8 Å². The minimum Gasteiger partial charge on any atom is -0.444 e. The van der Waals surface area contributed by atoms with Crippen LogP contribution in [0.2, 0.25) is 0 Å². The van der Waals surface area contributed by atoms with Crippen molar-refractivity contribution in [2.24, 2.45) is 0 Å². The van der Waals surface area contributed by atoms with E-state index in [9.17, 15) is 14.4 Å². The molecule has 2 saturated heterocycles. The summed E-state index contributed by atoms with van der Waals surface area (Å²) >= 11 is 0. The number of hydrogen-bond donors (Lipinski definition) is 0. The van der Waals surface area contributed by atoms with E-state index in [1.807, 2.05) is 0 Å². The standard InChI is InChI=1S/C12H19N3O4/c1-12(2,3)19-11(18)14-5-6-15-8(7-14)9(16)13(4)10(15)17/h8H,5-7H2,1-4H3/t8-/m1/s1. The van der Waals surface area contributed by atoms with Gasteiger partial charge >= 0.3 is 12.1 Å². The van der Waals surface area contributed by atoms with Crippen molar-refractivity contribution in [1.82, 2.24) is 14.7 Å². The molecule has 0 bridgehead atoms. The van der Waals surface area contributed by atoms with Gasteiger partial charge < -0.3 is 14.5 Å². The number of carbonyl (C=O) groups is 3. The summed E-state index contributed by atoms with van der Waals surface area (Å²) in [5.74, 6) is -0.266. The largest absolute Gasteiger partial charge is 0.444 e. The van der Waals surface area contributed by atoms with Crippen LogP contribution in [0.25, 0.3) is 0 Å². The molecule has 0 saturated carbocycles. The summed E-state index contributed by atoms with van der Waals surface area (Å²) in [7, 11) is 1.46. The zero-order chi connectivity index (χ0) is 14.4. The van der Waals surface area contributed by atoms with E-state index >= 15 is 0 Å². The lowest BCUT2D eigenvalue weighted by atomic mass is 10.2. The van der Waals surface area contributed by atoms with Crippen LogP contribution in [-0.4, -0.2) is 71.1 Å². The van der Waals surface area contributed by atoms with Crippen LogP contribution in [0.1, 0.15) is 20.8 Å². The fraction of sp³-hybridized carbons (Fsp3) is 0.750. The SMILES string of the molecule is CN1C(=O)[C@H]2CN(C(=O)OC(C)(C)C)CCN2C1=O. The average molecular weight is 269 g/mol. The summed E-state index contributed by atoms with van der Waals surface area (Å²) in [5.41, 5.74) is -0.569. The Bertz CT molecular complexity index is 429. The Hall–Kier alpha value is -1.79. The fourth-order valence-electron chi connectivity index (χ4n) is 2.23. The van der Waals surface area contributed by atoms with Crippen molar-refractivity contribution in [3.05, 3.63) is 0 Å². The first kappa shape index (κ1) is 13.6. The van der Waals surface area contributed by atoms with Crippen molar-refractivity contribution in [3.8, 4) is 0 Å². The van der Waals surface area contributed by atoms with Crippen molar-refractivity contribution in [2.45, 2.75) is 32.4 Å². The lowest BCUT2D eigenvalue weighted by molar-refractivity contribution is -0.128. The molecule has 2 rings (SSSR count). The molecule has 2 aliphatic rings. The molecule has 0 unspecified atom stereocenters. The van der Waals surface area contributed by atoms with E-state index in [0.29, 0.717) is 13.1 Å². The number of likely N-dealkylation sites (N-methyl/N-ethyl adjacent to an activating group) is 1. The molecule has 0 aromatic carbocycles. The number of urea groups is 1. The second-order valence-electron chi connectivity index (χ2n) is 5.82. The van der Waals surface area contributed by atoms with E-state index in [1.165, 1.54) is 16.8 Å². The van der Waals surface area contributed by atoms with Gasteiger partial charge in [0.25, 0.3) is 5.91 Å². The van der Waals surface area contributed by atoms with E-state index < -0.39 is 17.7 Å². The second-order valence-corrected chi connectivity index (χ2v) is 5.82. The maximum absolute atomic E-state index is 11.9. The molecule has 2 fully saturated rings. The number of carbonyl (C=O) groups excluding carboxylic acids is 3. The van der Waals surface area contributed by atoms with Gasteiger partial charge in [-0.15, -0.1) is 0 Å². The van der Waals surface area contributed by atoms with Gasteiger partial charge in [0.1, 0.15) is 11.6 Å². The van der Waals surface area contributed by atoms with Crippen LogP contribution >= 0.6 is 0 Å². The Morgan fingerprint density at radius 2 is 1.89 bits per heavy atom. The third-order valence-corrected chi connectivity index (χ3v) is 3.18. The topological polar surface area (TPSA) is 70.2 Å². The predicted molar refractivity (Wildman–Crippen MR) is 66.5 cm³/mol. The molecule has 0 aliphatic carbocycles. The fourth-order valence-corrected chi connectivity index (χ4v) is 2.23. The lowest BCUT2D eigenvalue weighted by Crippen LogP contribution is -2.55. The van der Waals surface area contributed by atoms with Gasteiger partial charge in [-0.25, -0.2) is 9.59 Å². The lowest BCUT2D eigenvalue weighted by Gasteiger charge is -2.36. The van der Waals surface area contributed by atoms with Gasteiger partial charge in [-0.1, -0.05) is 0 Å². The predicted octanol–water partition coefficient (Wildman–Crippen LogP) is 0.500. The molecule has 0 spiro atoms. The molecule has 1 atom stereocenters. The molecule has 7 nitrogen and oxygen atoms in total. The number of fused-ring (bicyclic) bond motifs is 1. The van der Waals surface area contributed by atoms with Gasteiger partial charge in [0, 0.05) is 20.1 Å². The zero-order valence-corrected chi connectivity index (χ0v) is 11.7. The van der Waals surface area contributed by atoms with Gasteiger partial charge in [-0.2, -0.15) is 0 Å². The normalized spacial score (nSPS) is 23.8. The number of amides is 4. The highest BCUT2D eigenvalue weighted by atomic mass is 16.6. The Morgan fingerprint density at radius 3 is 2.47 bits per heavy atom. The molecule has 0 aromatic heterocycles. The summed E-state index contributed by atoms with van der Waals surface area (Å²) in [6, 6.07) is -0.863. The Labute approximate surface area is 112 Å². The minimum absolute atomic E-state index is 0.198. The van der Waals surface area contributed by atoms with Crippen molar-refractivity contribution >= 4 is 18.0 Å². The van der Waals surface area contributed by atoms with Gasteiger partial charge in [-0.05, 0) is 20.8 Å². The third kappa shape index (κ3) is 2.50. The van der Waals surface area contributed by atoms with Crippen LogP contribution in [0.5, 0.6) is 0 Å². The highest BCUT2D eigenvalue weighted by molar-refractivity contribution is 6.04. The Kier molecular flexibility index (Phi) is 3.15. The van der Waals surface area contributed by atoms with Crippen molar-refractivity contribution in [1.29, 1.82) is 0 Å². The van der Waals surface area contributed by atoms with E-state index in [2.05, 4.69) is 0 Å². The summed E-state index contributed by atoms with van der Waals surface area (Å²) in [6.45, 7) is 6.32. The molecule has 0 aromatic rings. The summed E-state index contributed by atoms with van der Waals surface area (Å²) in [5, 5.41) is 0. The highest BCUT2D eigenvalue weighted by Gasteiger charge is 2.47. The van der Waals surface area contributed by atoms with Crippen LogP contribution in [0.3, 0.4) is 0 Å². The summed E-state index contributed by atoms with van der Waals surface area (Å²) < 4.78 is 5.27. The molecular formula is C12H19N3O4. The Balaban J connectivity index is 2.05. The molecule has 2 heterocycles. The number of nitrogens with zero attached hydrogens (tertiary/aromatic N) is 3. The third-order valence-electron chi connectivity index (χ3n) is 3.18. The molecule has 4 amide bonds. The van der Waals surface area contributed by atoms with Crippen molar-refractivity contribution < 1.29 is 19.1 Å². The van der Waals surface area contributed by atoms with E-state index in [-0.39, 0.29) is 18.5 Å². The molecule has 0 N–H and O–H groups in total. The minimum atomic E-state index is -0.571. The number of rotatable bonds is 0. The second kappa shape index (κ2) is 4.40. The van der Waals surface area contributed by atoms with Crippen LogP contribution in [0.15, 0.2) is 0 Å². The first-order valence-electron chi connectivity index (χ1n) is 6.27. The number of piperazine rings is 1. The van der Waals surface area contributed by atoms with Crippen molar-refractivity contribution in [2.75, 3.05) is 26.7 Å². The van der Waals surface area contributed by atoms with Gasteiger partial charge in [0.15, 0.2) is 0 Å². The summed E-state index contributed by atoms with van der Waals surface area (Å²) in [6.07, 6.45) is -0.443. The highest BCUT2D eigenvalue weighted by Crippen LogP contribution is 2.22. The Morgan fingerprint density at radius 1 is 1.26 bits per heavy atom. The average Bonchev–Trinajstić information content (AvgIpc) is 2.52. The molecule has 0 radical (unpaired) electrons. The maximum Gasteiger partial charge on any atom is 0.410 e. The van der Waals surface area contributed by atoms with Crippen LogP contribution < -0.4 is 0 Å². The quantitative estimate of drug-likeness (QED) is 0.600. The van der Waals surface area contributed by atoms with Crippen LogP contribution in [0.4, 0.5) is 9.59 Å². The number of ether oxygens (including phenoxy) is 1. The molecule has 106 valence electrons. The van der Waals surface area contributed by atoms with E-state index in [4.69, 9.17) is 4.74 Å².